The topological polar surface area (TPSA) is 166 Å². The minimum atomic E-state index is -1.77. The SMILES string of the molecule is CC(=O)N[C@H]1[C@H]([C@H](O)[C@H](O)CO)OC(C(=O)O)=C(C/C=C/c2ccc(OC(C)(C)C)cc2)[C@@H]1O. The number of carbonyl (C=O) groups is 2. The minimum absolute atomic E-state index is 0.0166. The van der Waals surface area contributed by atoms with E-state index in [0.29, 0.717) is 5.75 Å². The number of amides is 1. The van der Waals surface area contributed by atoms with Gasteiger partial charge in [0.15, 0.2) is 6.10 Å². The molecule has 0 saturated heterocycles. The Kier molecular flexibility index (Phi) is 9.22. The molecule has 34 heavy (non-hydrogen) atoms. The third kappa shape index (κ3) is 7.29. The highest BCUT2D eigenvalue weighted by Crippen LogP contribution is 2.30. The van der Waals surface area contributed by atoms with Crippen molar-refractivity contribution in [2.24, 2.45) is 0 Å². The van der Waals surface area contributed by atoms with E-state index in [1.807, 2.05) is 32.9 Å². The predicted octanol–water partition coefficient (Wildman–Crippen LogP) is 0.584. The van der Waals surface area contributed by atoms with E-state index in [2.05, 4.69) is 5.32 Å². The van der Waals surface area contributed by atoms with E-state index in [1.165, 1.54) is 6.92 Å². The Bertz CT molecular complexity index is 917. The van der Waals surface area contributed by atoms with Gasteiger partial charge in [-0.25, -0.2) is 4.79 Å². The van der Waals surface area contributed by atoms with E-state index >= 15 is 0 Å². The maximum Gasteiger partial charge on any atom is 0.371 e. The molecule has 0 saturated carbocycles. The lowest BCUT2D eigenvalue weighted by Gasteiger charge is -2.40. The zero-order valence-corrected chi connectivity index (χ0v) is 19.6. The van der Waals surface area contributed by atoms with E-state index in [0.717, 1.165) is 5.56 Å². The molecule has 1 aliphatic heterocycles. The van der Waals surface area contributed by atoms with Crippen LogP contribution in [0.5, 0.6) is 5.75 Å². The minimum Gasteiger partial charge on any atom is -0.488 e. The van der Waals surface area contributed by atoms with Crippen LogP contribution in [-0.4, -0.2) is 80.1 Å². The molecular formula is C24H33NO9. The van der Waals surface area contributed by atoms with Crippen LogP contribution in [0.3, 0.4) is 0 Å². The fourth-order valence-electron chi connectivity index (χ4n) is 3.54. The normalized spacial score (nSPS) is 22.8. The Morgan fingerprint density at radius 3 is 2.32 bits per heavy atom. The summed E-state index contributed by atoms with van der Waals surface area (Å²) in [7, 11) is 0. The molecule has 1 aromatic rings. The summed E-state index contributed by atoms with van der Waals surface area (Å²) in [6.07, 6.45) is -3.13. The molecule has 1 heterocycles. The number of ether oxygens (including phenoxy) is 2. The van der Waals surface area contributed by atoms with Crippen molar-refractivity contribution in [2.45, 2.75) is 70.2 Å². The number of hydrogen-bond donors (Lipinski definition) is 6. The average molecular weight is 480 g/mol. The molecular weight excluding hydrogens is 446 g/mol. The fraction of sp³-hybridized carbons (Fsp3) is 0.500. The quantitative estimate of drug-likeness (QED) is 0.297. The Labute approximate surface area is 198 Å². The first-order chi connectivity index (χ1) is 15.8. The van der Waals surface area contributed by atoms with Crippen LogP contribution in [0.1, 0.15) is 39.7 Å². The molecule has 10 heteroatoms. The van der Waals surface area contributed by atoms with E-state index in [1.54, 1.807) is 24.3 Å². The number of rotatable bonds is 9. The van der Waals surface area contributed by atoms with Crippen LogP contribution >= 0.6 is 0 Å². The first kappa shape index (κ1) is 27.3. The number of nitrogens with one attached hydrogen (secondary N) is 1. The van der Waals surface area contributed by atoms with Crippen molar-refractivity contribution in [3.05, 3.63) is 47.2 Å². The number of aliphatic hydroxyl groups excluding tert-OH is 4. The van der Waals surface area contributed by atoms with Crippen molar-refractivity contribution in [3.63, 3.8) is 0 Å². The van der Waals surface area contributed by atoms with Gasteiger partial charge in [-0.05, 0) is 44.9 Å². The summed E-state index contributed by atoms with van der Waals surface area (Å²) < 4.78 is 11.2. The van der Waals surface area contributed by atoms with Crippen LogP contribution in [-0.2, 0) is 14.3 Å². The van der Waals surface area contributed by atoms with Gasteiger partial charge < -0.3 is 40.3 Å². The summed E-state index contributed by atoms with van der Waals surface area (Å²) in [6, 6.07) is 5.99. The van der Waals surface area contributed by atoms with Crippen LogP contribution in [0.2, 0.25) is 0 Å². The third-order valence-electron chi connectivity index (χ3n) is 5.03. The summed E-state index contributed by atoms with van der Waals surface area (Å²) in [5.74, 6) is -1.94. The van der Waals surface area contributed by atoms with E-state index < -0.39 is 54.7 Å². The van der Waals surface area contributed by atoms with Gasteiger partial charge in [0.1, 0.15) is 29.7 Å². The molecule has 0 fully saturated rings. The maximum atomic E-state index is 11.8. The number of allylic oxidation sites excluding steroid dienone is 1. The monoisotopic (exact) mass is 479 g/mol. The van der Waals surface area contributed by atoms with Gasteiger partial charge in [-0.1, -0.05) is 24.3 Å². The van der Waals surface area contributed by atoms with Crippen LogP contribution in [0, 0.1) is 0 Å². The molecule has 0 aliphatic carbocycles. The molecule has 0 bridgehead atoms. The second-order valence-corrected chi connectivity index (χ2v) is 9.04. The standard InChI is InChI=1S/C24H33NO9/c1-13(27)25-18-19(29)16(21(23(31)32)33-22(18)20(30)17(28)12-26)7-5-6-14-8-10-15(11-9-14)34-24(2,3)4/h5-6,8-11,17-20,22,26,28-30H,7,12H2,1-4H3,(H,25,27)(H,31,32)/b6-5+/t17-,18-,19+,20-,22-/m1/s1. The Hall–Kier alpha value is -2.92. The van der Waals surface area contributed by atoms with Gasteiger partial charge in [0.2, 0.25) is 11.7 Å². The molecule has 188 valence electrons. The van der Waals surface area contributed by atoms with Crippen molar-refractivity contribution >= 4 is 18.0 Å². The van der Waals surface area contributed by atoms with Gasteiger partial charge >= 0.3 is 5.97 Å². The van der Waals surface area contributed by atoms with Crippen LogP contribution in [0.25, 0.3) is 6.08 Å². The van der Waals surface area contributed by atoms with Gasteiger partial charge in [0.25, 0.3) is 0 Å². The van der Waals surface area contributed by atoms with Gasteiger partial charge in [0.05, 0.1) is 12.6 Å². The van der Waals surface area contributed by atoms with E-state index in [4.69, 9.17) is 14.6 Å². The molecule has 6 N–H and O–H groups in total. The number of aliphatic carboxylic acids is 1. The lowest BCUT2D eigenvalue weighted by atomic mass is 9.87. The van der Waals surface area contributed by atoms with Crippen LogP contribution < -0.4 is 10.1 Å². The van der Waals surface area contributed by atoms with Crippen LogP contribution in [0.4, 0.5) is 0 Å². The van der Waals surface area contributed by atoms with Crippen molar-refractivity contribution in [2.75, 3.05) is 6.61 Å². The van der Waals surface area contributed by atoms with Gasteiger partial charge in [-0.2, -0.15) is 0 Å². The lowest BCUT2D eigenvalue weighted by molar-refractivity contribution is -0.150. The van der Waals surface area contributed by atoms with Gasteiger partial charge in [-0.3, -0.25) is 4.79 Å². The molecule has 1 aliphatic rings. The Morgan fingerprint density at radius 2 is 1.82 bits per heavy atom. The fourth-order valence-corrected chi connectivity index (χ4v) is 3.54. The zero-order chi connectivity index (χ0) is 25.6. The van der Waals surface area contributed by atoms with Gasteiger partial charge in [-0.15, -0.1) is 0 Å². The molecule has 2 rings (SSSR count). The smallest absolute Gasteiger partial charge is 0.371 e. The highest BCUT2D eigenvalue weighted by molar-refractivity contribution is 5.86. The molecule has 10 nitrogen and oxygen atoms in total. The summed E-state index contributed by atoms with van der Waals surface area (Å²) >= 11 is 0. The summed E-state index contributed by atoms with van der Waals surface area (Å²) in [5, 5.41) is 52.2. The number of hydrogen-bond acceptors (Lipinski definition) is 8. The lowest BCUT2D eigenvalue weighted by Crippen LogP contribution is -2.61. The number of carboxylic acid groups (broad SMARTS) is 1. The molecule has 0 spiro atoms. The maximum absolute atomic E-state index is 11.8. The van der Waals surface area contributed by atoms with Crippen molar-refractivity contribution in [1.82, 2.24) is 5.32 Å². The highest BCUT2D eigenvalue weighted by atomic mass is 16.5. The Morgan fingerprint density at radius 1 is 1.21 bits per heavy atom. The summed E-state index contributed by atoms with van der Waals surface area (Å²) in [4.78, 5) is 23.5. The average Bonchev–Trinajstić information content (AvgIpc) is 2.74. The summed E-state index contributed by atoms with van der Waals surface area (Å²) in [6.45, 7) is 6.17. The predicted molar refractivity (Wildman–Crippen MR) is 123 cm³/mol. The van der Waals surface area contributed by atoms with Gasteiger partial charge in [0, 0.05) is 12.5 Å². The number of aliphatic hydroxyl groups is 4. The molecule has 1 aromatic carbocycles. The summed E-state index contributed by atoms with van der Waals surface area (Å²) in [5.41, 5.74) is 0.456. The second-order valence-electron chi connectivity index (χ2n) is 9.04. The number of benzene rings is 1. The molecule has 0 aromatic heterocycles. The number of carbonyl (C=O) groups excluding carboxylic acids is 1. The largest absolute Gasteiger partial charge is 0.488 e. The van der Waals surface area contributed by atoms with E-state index in [-0.39, 0.29) is 17.6 Å². The molecule has 1 amide bonds. The van der Waals surface area contributed by atoms with Crippen molar-refractivity contribution < 1.29 is 44.6 Å². The molecule has 0 unspecified atom stereocenters. The Balaban J connectivity index is 2.28. The highest BCUT2D eigenvalue weighted by Gasteiger charge is 2.46. The van der Waals surface area contributed by atoms with Crippen molar-refractivity contribution in [1.29, 1.82) is 0 Å². The zero-order valence-electron chi connectivity index (χ0n) is 19.6. The van der Waals surface area contributed by atoms with Crippen LogP contribution in [0.15, 0.2) is 41.7 Å². The third-order valence-corrected chi connectivity index (χ3v) is 5.03. The molecule has 5 atom stereocenters. The van der Waals surface area contributed by atoms with E-state index in [9.17, 15) is 30.0 Å². The first-order valence-corrected chi connectivity index (χ1v) is 10.8. The second kappa shape index (κ2) is 11.5. The van der Waals surface area contributed by atoms with Crippen molar-refractivity contribution in [3.8, 4) is 5.75 Å². The molecule has 0 radical (unpaired) electrons. The first-order valence-electron chi connectivity index (χ1n) is 10.8. The number of carboxylic acids is 1.